The van der Waals surface area contributed by atoms with E-state index in [0.717, 1.165) is 0 Å². The number of benzene rings is 1. The summed E-state index contributed by atoms with van der Waals surface area (Å²) in [5, 5.41) is 3.54. The van der Waals surface area contributed by atoms with Crippen LogP contribution in [-0.2, 0) is 9.63 Å². The molecule has 2 N–H and O–H groups in total. The fourth-order valence-corrected chi connectivity index (χ4v) is 1.36. The third-order valence-corrected chi connectivity index (χ3v) is 2.32. The monoisotopic (exact) mass is 271 g/mol. The van der Waals surface area contributed by atoms with Crippen LogP contribution in [0.25, 0.3) is 0 Å². The topological polar surface area (TPSA) is 86.8 Å². The van der Waals surface area contributed by atoms with E-state index >= 15 is 0 Å². The second-order valence-electron chi connectivity index (χ2n) is 3.78. The molecule has 102 valence electrons. The highest BCUT2D eigenvalue weighted by molar-refractivity contribution is 5.97. The molecule has 0 fully saturated rings. The number of pyridine rings is 1. The Morgan fingerprint density at radius 1 is 1.15 bits per heavy atom. The number of oxime groups is 1. The van der Waals surface area contributed by atoms with E-state index in [4.69, 9.17) is 10.5 Å². The molecule has 1 aromatic heterocycles. The second-order valence-corrected chi connectivity index (χ2v) is 3.78. The Labute approximate surface area is 115 Å². The van der Waals surface area contributed by atoms with Gasteiger partial charge in [0.15, 0.2) is 12.4 Å². The molecule has 0 saturated heterocycles. The number of nitrogens with zero attached hydrogens (tertiary/aromatic N) is 2. The Bertz CT molecular complexity index is 585. The highest BCUT2D eigenvalue weighted by Gasteiger charge is 2.05. The summed E-state index contributed by atoms with van der Waals surface area (Å²) in [4.78, 5) is 19.9. The van der Waals surface area contributed by atoms with Gasteiger partial charge in [-0.15, -0.1) is 0 Å². The van der Waals surface area contributed by atoms with Crippen molar-refractivity contribution in [1.29, 1.82) is 0 Å². The standard InChI is InChI=1S/C14H13N3O3/c15-14(11-6-8-16-9-7-11)17-20-13(18)10-19-12-4-2-1-3-5-12/h1-9H,10H2,(H2,15,17). The highest BCUT2D eigenvalue weighted by atomic mass is 16.7. The summed E-state index contributed by atoms with van der Waals surface area (Å²) in [7, 11) is 0. The van der Waals surface area contributed by atoms with Gasteiger partial charge in [-0.1, -0.05) is 23.4 Å². The van der Waals surface area contributed by atoms with E-state index < -0.39 is 5.97 Å². The first kappa shape index (κ1) is 13.5. The number of hydrogen-bond acceptors (Lipinski definition) is 5. The van der Waals surface area contributed by atoms with Crippen molar-refractivity contribution in [1.82, 2.24) is 4.98 Å². The van der Waals surface area contributed by atoms with E-state index in [0.29, 0.717) is 11.3 Å². The van der Waals surface area contributed by atoms with Gasteiger partial charge in [0.2, 0.25) is 0 Å². The molecule has 0 bridgehead atoms. The van der Waals surface area contributed by atoms with Crippen LogP contribution in [0.2, 0.25) is 0 Å². The number of rotatable bonds is 5. The quantitative estimate of drug-likeness (QED) is 0.383. The van der Waals surface area contributed by atoms with Gasteiger partial charge in [-0.05, 0) is 24.3 Å². The minimum atomic E-state index is -0.633. The summed E-state index contributed by atoms with van der Waals surface area (Å²) in [6.07, 6.45) is 3.14. The predicted molar refractivity (Wildman–Crippen MR) is 73.0 cm³/mol. The van der Waals surface area contributed by atoms with Gasteiger partial charge in [0.05, 0.1) is 0 Å². The molecule has 0 saturated carbocycles. The van der Waals surface area contributed by atoms with Gasteiger partial charge in [0.1, 0.15) is 5.75 Å². The molecule has 20 heavy (non-hydrogen) atoms. The van der Waals surface area contributed by atoms with Crippen LogP contribution in [0.1, 0.15) is 5.56 Å². The molecule has 0 spiro atoms. The Hall–Kier alpha value is -2.89. The van der Waals surface area contributed by atoms with Crippen molar-refractivity contribution in [2.45, 2.75) is 0 Å². The molecule has 0 unspecified atom stereocenters. The Balaban J connectivity index is 1.83. The van der Waals surface area contributed by atoms with Crippen molar-refractivity contribution in [3.05, 3.63) is 60.4 Å². The Kier molecular flexibility index (Phi) is 4.66. The smallest absolute Gasteiger partial charge is 0.372 e. The lowest BCUT2D eigenvalue weighted by atomic mass is 10.2. The van der Waals surface area contributed by atoms with Crippen LogP contribution in [0.15, 0.2) is 60.0 Å². The van der Waals surface area contributed by atoms with Crippen LogP contribution in [0.5, 0.6) is 5.75 Å². The molecule has 0 aliphatic rings. The summed E-state index contributed by atoms with van der Waals surface area (Å²) < 4.78 is 5.21. The normalized spacial score (nSPS) is 10.9. The van der Waals surface area contributed by atoms with E-state index in [9.17, 15) is 4.79 Å². The number of para-hydroxylation sites is 1. The number of carbonyl (C=O) groups is 1. The van der Waals surface area contributed by atoms with Gasteiger partial charge in [-0.3, -0.25) is 4.98 Å². The van der Waals surface area contributed by atoms with E-state index in [1.807, 2.05) is 6.07 Å². The predicted octanol–water partition coefficient (Wildman–Crippen LogP) is 1.32. The molecule has 0 aliphatic carbocycles. The fraction of sp³-hybridized carbons (Fsp3) is 0.0714. The van der Waals surface area contributed by atoms with Crippen molar-refractivity contribution in [2.24, 2.45) is 10.9 Å². The van der Waals surface area contributed by atoms with Crippen LogP contribution in [-0.4, -0.2) is 23.4 Å². The van der Waals surface area contributed by atoms with E-state index in [2.05, 4.69) is 15.0 Å². The van der Waals surface area contributed by atoms with Crippen molar-refractivity contribution in [3.63, 3.8) is 0 Å². The summed E-state index contributed by atoms with van der Waals surface area (Å²) in [5.74, 6) is 0.0434. The average molecular weight is 271 g/mol. The Morgan fingerprint density at radius 3 is 2.55 bits per heavy atom. The second kappa shape index (κ2) is 6.89. The molecule has 2 aromatic rings. The third kappa shape index (κ3) is 4.09. The molecular formula is C14H13N3O3. The molecule has 1 aromatic carbocycles. The zero-order valence-corrected chi connectivity index (χ0v) is 10.6. The first-order chi connectivity index (χ1) is 9.75. The number of amidine groups is 1. The molecule has 1 heterocycles. The number of ether oxygens (including phenoxy) is 1. The molecule has 0 aliphatic heterocycles. The van der Waals surface area contributed by atoms with Gasteiger partial charge < -0.3 is 15.3 Å². The lowest BCUT2D eigenvalue weighted by molar-refractivity contribution is -0.146. The Morgan fingerprint density at radius 2 is 1.85 bits per heavy atom. The minimum absolute atomic E-state index is 0.0976. The van der Waals surface area contributed by atoms with E-state index in [1.54, 1.807) is 48.8 Å². The van der Waals surface area contributed by atoms with Crippen molar-refractivity contribution in [2.75, 3.05) is 6.61 Å². The highest BCUT2D eigenvalue weighted by Crippen LogP contribution is 2.07. The van der Waals surface area contributed by atoms with Gasteiger partial charge in [-0.25, -0.2) is 4.79 Å². The third-order valence-electron chi connectivity index (χ3n) is 2.32. The molecule has 0 atom stereocenters. The van der Waals surface area contributed by atoms with Gasteiger partial charge >= 0.3 is 5.97 Å². The number of aromatic nitrogens is 1. The van der Waals surface area contributed by atoms with E-state index in [1.165, 1.54) is 0 Å². The molecule has 0 amide bonds. The first-order valence-corrected chi connectivity index (χ1v) is 5.87. The van der Waals surface area contributed by atoms with Crippen LogP contribution >= 0.6 is 0 Å². The maximum absolute atomic E-state index is 11.4. The zero-order valence-electron chi connectivity index (χ0n) is 10.6. The zero-order chi connectivity index (χ0) is 14.2. The van der Waals surface area contributed by atoms with Crippen molar-refractivity contribution in [3.8, 4) is 5.75 Å². The van der Waals surface area contributed by atoms with Crippen LogP contribution in [0.3, 0.4) is 0 Å². The largest absolute Gasteiger partial charge is 0.482 e. The van der Waals surface area contributed by atoms with E-state index in [-0.39, 0.29) is 12.4 Å². The number of hydrogen-bond donors (Lipinski definition) is 1. The lowest BCUT2D eigenvalue weighted by Crippen LogP contribution is -2.17. The molecule has 6 nitrogen and oxygen atoms in total. The molecular weight excluding hydrogens is 258 g/mol. The van der Waals surface area contributed by atoms with Crippen molar-refractivity contribution < 1.29 is 14.4 Å². The fourth-order valence-electron chi connectivity index (χ4n) is 1.36. The molecule has 6 heteroatoms. The maximum Gasteiger partial charge on any atom is 0.372 e. The maximum atomic E-state index is 11.4. The first-order valence-electron chi connectivity index (χ1n) is 5.87. The molecule has 0 radical (unpaired) electrons. The average Bonchev–Trinajstić information content (AvgIpc) is 2.52. The van der Waals surface area contributed by atoms with Gasteiger partial charge in [0, 0.05) is 18.0 Å². The summed E-state index contributed by atoms with van der Waals surface area (Å²) in [6.45, 7) is -0.239. The van der Waals surface area contributed by atoms with Crippen LogP contribution in [0, 0.1) is 0 Å². The number of carbonyl (C=O) groups excluding carboxylic acids is 1. The van der Waals surface area contributed by atoms with Crippen molar-refractivity contribution >= 4 is 11.8 Å². The lowest BCUT2D eigenvalue weighted by Gasteiger charge is -2.04. The summed E-state index contributed by atoms with van der Waals surface area (Å²) >= 11 is 0. The van der Waals surface area contributed by atoms with Gasteiger partial charge in [0.25, 0.3) is 0 Å². The summed E-state index contributed by atoms with van der Waals surface area (Å²) in [5.41, 5.74) is 6.28. The molecule has 2 rings (SSSR count). The van der Waals surface area contributed by atoms with Gasteiger partial charge in [-0.2, -0.15) is 0 Å². The van der Waals surface area contributed by atoms with Crippen LogP contribution < -0.4 is 10.5 Å². The summed E-state index contributed by atoms with van der Waals surface area (Å²) in [6, 6.07) is 12.3. The SMILES string of the molecule is N/C(=N\OC(=O)COc1ccccc1)c1ccncc1. The minimum Gasteiger partial charge on any atom is -0.482 e. The number of nitrogens with two attached hydrogens (primary N) is 1. The van der Waals surface area contributed by atoms with Crippen LogP contribution in [0.4, 0.5) is 0 Å².